The molecule has 2 aromatic rings. The minimum absolute atomic E-state index is 0.165. The molecule has 2 fully saturated rings. The highest BCUT2D eigenvalue weighted by Crippen LogP contribution is 2.29. The first-order valence-electron chi connectivity index (χ1n) is 13.4. The Kier molecular flexibility index (Phi) is 8.91. The van der Waals surface area contributed by atoms with Crippen molar-refractivity contribution in [3.05, 3.63) is 54.1 Å². The summed E-state index contributed by atoms with van der Waals surface area (Å²) in [6.07, 6.45) is 1.92. The fraction of sp³-hybridized carbons (Fsp3) is 0.552. The van der Waals surface area contributed by atoms with Crippen LogP contribution in [0.25, 0.3) is 0 Å². The number of ether oxygens (including phenoxy) is 1. The summed E-state index contributed by atoms with van der Waals surface area (Å²) >= 11 is 0. The second-order valence-corrected chi connectivity index (χ2v) is 9.60. The molecule has 2 aliphatic rings. The maximum atomic E-state index is 13.2. The van der Waals surface area contributed by atoms with E-state index in [0.717, 1.165) is 83.2 Å². The molecule has 2 heterocycles. The number of piperazine rings is 1. The van der Waals surface area contributed by atoms with Gasteiger partial charge in [0.2, 0.25) is 5.91 Å². The molecule has 6 heteroatoms. The Bertz CT molecular complexity index is 928. The summed E-state index contributed by atoms with van der Waals surface area (Å²) in [7, 11) is 0. The highest BCUT2D eigenvalue weighted by Gasteiger charge is 2.31. The molecule has 6 nitrogen and oxygen atoms in total. The molecule has 0 saturated carbocycles. The topological polar surface area (TPSA) is 39.3 Å². The lowest BCUT2D eigenvalue weighted by molar-refractivity contribution is -0.137. The van der Waals surface area contributed by atoms with Gasteiger partial charge in [0.25, 0.3) is 0 Å². The summed E-state index contributed by atoms with van der Waals surface area (Å²) in [6.45, 7) is 15.4. The predicted octanol–water partition coefficient (Wildman–Crippen LogP) is 4.49. The third kappa shape index (κ3) is 6.29. The Morgan fingerprint density at radius 3 is 2.17 bits per heavy atom. The standard InChI is InChI=1S/C29H42N4O2/c1-4-31(5-2)26-13-11-24(12-14-26)23-30-17-15-25(16-18-30)29(34)33-21-19-32(20-22-33)27-9-7-8-10-28(27)35-6-3/h7-14,25H,4-6,15-23H2,1-3H3. The minimum atomic E-state index is 0.165. The number of carbonyl (C=O) groups excluding carboxylic acids is 1. The van der Waals surface area contributed by atoms with Gasteiger partial charge in [0.15, 0.2) is 0 Å². The first-order chi connectivity index (χ1) is 17.1. The number of benzene rings is 2. The van der Waals surface area contributed by atoms with Crippen molar-refractivity contribution in [2.75, 3.05) is 68.8 Å². The molecule has 0 unspecified atom stereocenters. The lowest BCUT2D eigenvalue weighted by atomic mass is 9.94. The van der Waals surface area contributed by atoms with Gasteiger partial charge in [-0.2, -0.15) is 0 Å². The molecule has 190 valence electrons. The van der Waals surface area contributed by atoms with Crippen LogP contribution >= 0.6 is 0 Å². The Hall–Kier alpha value is -2.73. The third-order valence-electron chi connectivity index (χ3n) is 7.51. The number of rotatable bonds is 9. The molecule has 0 radical (unpaired) electrons. The van der Waals surface area contributed by atoms with Gasteiger partial charge >= 0.3 is 0 Å². The van der Waals surface area contributed by atoms with Crippen LogP contribution in [0.15, 0.2) is 48.5 Å². The Balaban J connectivity index is 1.23. The van der Waals surface area contributed by atoms with Crippen LogP contribution in [-0.4, -0.2) is 74.7 Å². The van der Waals surface area contributed by atoms with Crippen molar-refractivity contribution >= 4 is 17.3 Å². The molecule has 0 aliphatic carbocycles. The lowest BCUT2D eigenvalue weighted by Crippen LogP contribution is -2.51. The first kappa shape index (κ1) is 25.4. The number of hydrogen-bond donors (Lipinski definition) is 0. The third-order valence-corrected chi connectivity index (χ3v) is 7.51. The molecule has 2 aromatic carbocycles. The zero-order valence-corrected chi connectivity index (χ0v) is 21.8. The van der Waals surface area contributed by atoms with Crippen LogP contribution in [0.3, 0.4) is 0 Å². The van der Waals surface area contributed by atoms with E-state index in [9.17, 15) is 4.79 Å². The monoisotopic (exact) mass is 478 g/mol. The average Bonchev–Trinajstić information content (AvgIpc) is 2.91. The van der Waals surface area contributed by atoms with Crippen LogP contribution in [0.2, 0.25) is 0 Å². The minimum Gasteiger partial charge on any atom is -0.492 e. The maximum absolute atomic E-state index is 13.2. The summed E-state index contributed by atoms with van der Waals surface area (Å²) in [5.74, 6) is 1.45. The molecule has 0 bridgehead atoms. The number of nitrogens with zero attached hydrogens (tertiary/aromatic N) is 4. The highest BCUT2D eigenvalue weighted by molar-refractivity contribution is 5.79. The molecular weight excluding hydrogens is 436 g/mol. The van der Waals surface area contributed by atoms with E-state index in [1.54, 1.807) is 0 Å². The van der Waals surface area contributed by atoms with Crippen LogP contribution in [-0.2, 0) is 11.3 Å². The quantitative estimate of drug-likeness (QED) is 0.531. The highest BCUT2D eigenvalue weighted by atomic mass is 16.5. The summed E-state index contributed by atoms with van der Waals surface area (Å²) < 4.78 is 5.81. The fourth-order valence-electron chi connectivity index (χ4n) is 5.42. The van der Waals surface area contributed by atoms with Crippen molar-refractivity contribution in [3.8, 4) is 5.75 Å². The summed E-state index contributed by atoms with van der Waals surface area (Å²) in [5, 5.41) is 0. The summed E-state index contributed by atoms with van der Waals surface area (Å²) in [4.78, 5) is 22.6. The lowest BCUT2D eigenvalue weighted by Gasteiger charge is -2.39. The number of hydrogen-bond acceptors (Lipinski definition) is 5. The molecule has 35 heavy (non-hydrogen) atoms. The number of likely N-dealkylation sites (tertiary alicyclic amines) is 1. The zero-order chi connectivity index (χ0) is 24.6. The summed E-state index contributed by atoms with van der Waals surface area (Å²) in [6, 6.07) is 17.2. The number of carbonyl (C=O) groups is 1. The number of amides is 1. The van der Waals surface area contributed by atoms with Crippen molar-refractivity contribution in [2.45, 2.75) is 40.2 Å². The molecular formula is C29H42N4O2. The Morgan fingerprint density at radius 2 is 1.54 bits per heavy atom. The fourth-order valence-corrected chi connectivity index (χ4v) is 5.42. The van der Waals surface area contributed by atoms with E-state index in [-0.39, 0.29) is 5.92 Å². The van der Waals surface area contributed by atoms with Crippen molar-refractivity contribution < 1.29 is 9.53 Å². The molecule has 4 rings (SSSR count). The second kappa shape index (κ2) is 12.3. The van der Waals surface area contributed by atoms with Crippen LogP contribution in [0.5, 0.6) is 5.75 Å². The van der Waals surface area contributed by atoms with Gasteiger partial charge in [-0.1, -0.05) is 24.3 Å². The van der Waals surface area contributed by atoms with Crippen molar-refractivity contribution in [2.24, 2.45) is 5.92 Å². The number of anilines is 2. The van der Waals surface area contributed by atoms with Gasteiger partial charge in [0.1, 0.15) is 5.75 Å². The van der Waals surface area contributed by atoms with Gasteiger partial charge in [-0.25, -0.2) is 0 Å². The van der Waals surface area contributed by atoms with Gasteiger partial charge in [-0.15, -0.1) is 0 Å². The maximum Gasteiger partial charge on any atom is 0.225 e. The van der Waals surface area contributed by atoms with Crippen molar-refractivity contribution in [3.63, 3.8) is 0 Å². The van der Waals surface area contributed by atoms with E-state index in [1.165, 1.54) is 11.3 Å². The normalized spacial score (nSPS) is 17.5. The largest absolute Gasteiger partial charge is 0.492 e. The van der Waals surface area contributed by atoms with E-state index in [0.29, 0.717) is 12.5 Å². The molecule has 2 saturated heterocycles. The average molecular weight is 479 g/mol. The van der Waals surface area contributed by atoms with E-state index < -0.39 is 0 Å². The summed E-state index contributed by atoms with van der Waals surface area (Å²) in [5.41, 5.74) is 3.79. The van der Waals surface area contributed by atoms with Crippen molar-refractivity contribution in [1.29, 1.82) is 0 Å². The molecule has 0 atom stereocenters. The van der Waals surface area contributed by atoms with E-state index in [4.69, 9.17) is 4.74 Å². The molecule has 1 amide bonds. The van der Waals surface area contributed by atoms with Gasteiger partial charge < -0.3 is 19.4 Å². The van der Waals surface area contributed by atoms with Crippen LogP contribution in [0.1, 0.15) is 39.2 Å². The molecule has 0 spiro atoms. The van der Waals surface area contributed by atoms with E-state index in [2.05, 4.69) is 69.8 Å². The predicted molar refractivity (Wildman–Crippen MR) is 144 cm³/mol. The Labute approximate surface area is 211 Å². The second-order valence-electron chi connectivity index (χ2n) is 9.60. The van der Waals surface area contributed by atoms with E-state index >= 15 is 0 Å². The van der Waals surface area contributed by atoms with Gasteiger partial charge in [-0.3, -0.25) is 9.69 Å². The van der Waals surface area contributed by atoms with Gasteiger partial charge in [0.05, 0.1) is 12.3 Å². The zero-order valence-electron chi connectivity index (χ0n) is 21.8. The van der Waals surface area contributed by atoms with Gasteiger partial charge in [-0.05, 0) is 76.5 Å². The van der Waals surface area contributed by atoms with E-state index in [1.807, 2.05) is 19.1 Å². The van der Waals surface area contributed by atoms with Crippen LogP contribution in [0.4, 0.5) is 11.4 Å². The molecule has 2 aliphatic heterocycles. The van der Waals surface area contributed by atoms with Crippen LogP contribution in [0, 0.1) is 5.92 Å². The number of para-hydroxylation sites is 2. The molecule has 0 N–H and O–H groups in total. The van der Waals surface area contributed by atoms with Gasteiger partial charge in [0, 0.05) is 57.4 Å². The first-order valence-corrected chi connectivity index (χ1v) is 13.4. The van der Waals surface area contributed by atoms with Crippen LogP contribution < -0.4 is 14.5 Å². The number of piperidine rings is 1. The van der Waals surface area contributed by atoms with Crippen molar-refractivity contribution in [1.82, 2.24) is 9.80 Å². The smallest absolute Gasteiger partial charge is 0.225 e. The SMILES string of the molecule is CCOc1ccccc1N1CCN(C(=O)C2CCN(Cc3ccc(N(CC)CC)cc3)CC2)CC1. The Morgan fingerprint density at radius 1 is 0.886 bits per heavy atom. The molecule has 0 aromatic heterocycles.